The zero-order chi connectivity index (χ0) is 18.6. The minimum Gasteiger partial charge on any atom is -0.308 e. The summed E-state index contributed by atoms with van der Waals surface area (Å²) in [4.78, 5) is 16.8. The summed E-state index contributed by atoms with van der Waals surface area (Å²) < 4.78 is 0. The van der Waals surface area contributed by atoms with Crippen LogP contribution in [0.4, 0.5) is 5.13 Å². The van der Waals surface area contributed by atoms with Crippen molar-refractivity contribution < 1.29 is 4.79 Å². The number of benzene rings is 2. The Morgan fingerprint density at radius 2 is 1.81 bits per heavy atom. The van der Waals surface area contributed by atoms with Crippen LogP contribution in [-0.2, 0) is 12.8 Å². The quantitative estimate of drug-likeness (QED) is 0.627. The Morgan fingerprint density at radius 1 is 1.04 bits per heavy atom. The van der Waals surface area contributed by atoms with Gasteiger partial charge in [-0.1, -0.05) is 30.3 Å². The number of fused-ring (bicyclic) bond motifs is 1. The first-order valence-electron chi connectivity index (χ1n) is 8.94. The van der Waals surface area contributed by atoms with Gasteiger partial charge in [0.05, 0.1) is 5.69 Å². The molecule has 0 fully saturated rings. The lowest BCUT2D eigenvalue weighted by Crippen LogP contribution is -2.34. The molecule has 2 N–H and O–H groups in total. The molecule has 1 amide bonds. The van der Waals surface area contributed by atoms with E-state index in [1.165, 1.54) is 41.7 Å². The molecule has 1 heterocycles. The molecule has 0 bridgehead atoms. The molecule has 0 saturated heterocycles. The minimum atomic E-state index is -0.237. The number of carbonyl (C=O) groups excluding carboxylic acids is 1. The Balaban J connectivity index is 1.42. The van der Waals surface area contributed by atoms with Gasteiger partial charge in [-0.25, -0.2) is 4.98 Å². The van der Waals surface area contributed by atoms with Crippen LogP contribution in [0.2, 0.25) is 0 Å². The molecule has 4 nitrogen and oxygen atoms in total. The molecule has 0 atom stereocenters. The number of hydrogen-bond donors (Lipinski definition) is 2. The van der Waals surface area contributed by atoms with Crippen LogP contribution in [0.15, 0.2) is 53.9 Å². The van der Waals surface area contributed by atoms with Crippen LogP contribution in [0.5, 0.6) is 0 Å². The van der Waals surface area contributed by atoms with Crippen molar-refractivity contribution in [2.45, 2.75) is 25.7 Å². The largest absolute Gasteiger partial charge is 0.308 e. The van der Waals surface area contributed by atoms with Gasteiger partial charge in [-0.2, -0.15) is 0 Å². The predicted molar refractivity (Wildman–Crippen MR) is 114 cm³/mol. The second-order valence-electron chi connectivity index (χ2n) is 6.50. The van der Waals surface area contributed by atoms with Crippen LogP contribution in [-0.4, -0.2) is 16.0 Å². The van der Waals surface area contributed by atoms with Crippen LogP contribution in [0.3, 0.4) is 0 Å². The highest BCUT2D eigenvalue weighted by Gasteiger charge is 2.13. The minimum absolute atomic E-state index is 0.237. The van der Waals surface area contributed by atoms with Crippen LogP contribution in [0.25, 0.3) is 11.3 Å². The third-order valence-corrected chi connectivity index (χ3v) is 5.59. The summed E-state index contributed by atoms with van der Waals surface area (Å²) in [7, 11) is 0. The number of amides is 1. The zero-order valence-electron chi connectivity index (χ0n) is 14.7. The van der Waals surface area contributed by atoms with E-state index < -0.39 is 0 Å². The van der Waals surface area contributed by atoms with E-state index in [0.29, 0.717) is 10.7 Å². The highest BCUT2D eigenvalue weighted by Crippen LogP contribution is 2.29. The van der Waals surface area contributed by atoms with E-state index in [1.54, 1.807) is 12.1 Å². The molecule has 1 aliphatic carbocycles. The van der Waals surface area contributed by atoms with E-state index in [2.05, 4.69) is 33.8 Å². The maximum absolute atomic E-state index is 12.2. The first-order chi connectivity index (χ1) is 13.2. The molecule has 1 aromatic heterocycles. The standard InChI is InChI=1S/C21H19N3OS2/c25-19(15-7-2-1-3-8-15)23-20(26)24-21-22-18(13-27-21)17-11-10-14-6-4-5-9-16(14)12-17/h1-3,7-8,10-13H,4-6,9H2,(H2,22,23,24,25,26). The van der Waals surface area contributed by atoms with Crippen LogP contribution in [0.1, 0.15) is 34.3 Å². The zero-order valence-corrected chi connectivity index (χ0v) is 16.3. The third kappa shape index (κ3) is 4.23. The second-order valence-corrected chi connectivity index (χ2v) is 7.77. The number of nitrogens with zero attached hydrogens (tertiary/aromatic N) is 1. The average Bonchev–Trinajstić information content (AvgIpc) is 3.16. The molecular weight excluding hydrogens is 374 g/mol. The molecule has 0 unspecified atom stereocenters. The molecule has 6 heteroatoms. The van der Waals surface area contributed by atoms with E-state index in [4.69, 9.17) is 12.2 Å². The summed E-state index contributed by atoms with van der Waals surface area (Å²) in [6.07, 6.45) is 4.86. The monoisotopic (exact) mass is 393 g/mol. The van der Waals surface area contributed by atoms with Crippen molar-refractivity contribution in [1.29, 1.82) is 0 Å². The fourth-order valence-corrected chi connectivity index (χ4v) is 4.23. The highest BCUT2D eigenvalue weighted by molar-refractivity contribution is 7.80. The number of thiazole rings is 1. The summed E-state index contributed by atoms with van der Waals surface area (Å²) in [5, 5.41) is 8.61. The maximum Gasteiger partial charge on any atom is 0.257 e. The van der Waals surface area contributed by atoms with Gasteiger partial charge < -0.3 is 5.32 Å². The van der Waals surface area contributed by atoms with E-state index in [0.717, 1.165) is 17.7 Å². The number of rotatable bonds is 3. The number of carbonyl (C=O) groups is 1. The SMILES string of the molecule is O=C(NC(=S)Nc1nc(-c2ccc3c(c2)CCCC3)cs1)c1ccccc1. The molecule has 1 aliphatic rings. The number of nitrogens with one attached hydrogen (secondary N) is 2. The van der Waals surface area contributed by atoms with E-state index in [1.807, 2.05) is 23.6 Å². The average molecular weight is 394 g/mol. The number of aromatic nitrogens is 1. The second kappa shape index (κ2) is 7.98. The first-order valence-corrected chi connectivity index (χ1v) is 10.2. The molecule has 0 radical (unpaired) electrons. The van der Waals surface area contributed by atoms with Gasteiger partial charge >= 0.3 is 0 Å². The number of aryl methyl sites for hydroxylation is 2. The normalized spacial score (nSPS) is 12.9. The van der Waals surface area contributed by atoms with Gasteiger partial charge in [0.15, 0.2) is 10.2 Å². The molecule has 3 aromatic rings. The summed E-state index contributed by atoms with van der Waals surface area (Å²) in [5.74, 6) is -0.237. The smallest absolute Gasteiger partial charge is 0.257 e. The van der Waals surface area contributed by atoms with Gasteiger partial charge in [-0.15, -0.1) is 11.3 Å². The van der Waals surface area contributed by atoms with E-state index in [9.17, 15) is 4.79 Å². The molecule has 0 aliphatic heterocycles. The van der Waals surface area contributed by atoms with Crippen molar-refractivity contribution in [2.75, 3.05) is 5.32 Å². The van der Waals surface area contributed by atoms with Crippen LogP contribution >= 0.6 is 23.6 Å². The Morgan fingerprint density at radius 3 is 2.63 bits per heavy atom. The van der Waals surface area contributed by atoms with Gasteiger partial charge in [0, 0.05) is 16.5 Å². The van der Waals surface area contributed by atoms with Crippen LogP contribution in [0, 0.1) is 0 Å². The van der Waals surface area contributed by atoms with Gasteiger partial charge in [0.2, 0.25) is 0 Å². The van der Waals surface area contributed by atoms with Crippen molar-refractivity contribution in [3.8, 4) is 11.3 Å². The van der Waals surface area contributed by atoms with Crippen molar-refractivity contribution in [3.63, 3.8) is 0 Å². The van der Waals surface area contributed by atoms with Gasteiger partial charge in [-0.05, 0) is 67.2 Å². The number of anilines is 1. The molecular formula is C21H19N3OS2. The summed E-state index contributed by atoms with van der Waals surface area (Å²) >= 11 is 6.71. The fourth-order valence-electron chi connectivity index (χ4n) is 3.25. The van der Waals surface area contributed by atoms with E-state index >= 15 is 0 Å². The Bertz CT molecular complexity index is 982. The molecule has 4 rings (SSSR count). The Hall–Kier alpha value is -2.57. The summed E-state index contributed by atoms with van der Waals surface area (Å²) in [5.41, 5.74) is 5.51. The topological polar surface area (TPSA) is 54.0 Å². The lowest BCUT2D eigenvalue weighted by atomic mass is 9.90. The Kier molecular flexibility index (Phi) is 5.27. The van der Waals surface area contributed by atoms with Crippen molar-refractivity contribution in [3.05, 3.63) is 70.6 Å². The maximum atomic E-state index is 12.2. The van der Waals surface area contributed by atoms with Gasteiger partial charge in [0.1, 0.15) is 0 Å². The van der Waals surface area contributed by atoms with Crippen LogP contribution < -0.4 is 10.6 Å². The van der Waals surface area contributed by atoms with Gasteiger partial charge in [0.25, 0.3) is 5.91 Å². The lowest BCUT2D eigenvalue weighted by molar-refractivity contribution is 0.0977. The first kappa shape index (κ1) is 17.8. The van der Waals surface area contributed by atoms with E-state index in [-0.39, 0.29) is 11.0 Å². The summed E-state index contributed by atoms with van der Waals surface area (Å²) in [6.45, 7) is 0. The van der Waals surface area contributed by atoms with Crippen molar-refractivity contribution in [1.82, 2.24) is 10.3 Å². The Labute approximate surface area is 167 Å². The molecule has 136 valence electrons. The molecule has 0 spiro atoms. The lowest BCUT2D eigenvalue weighted by Gasteiger charge is -2.16. The number of thiocarbonyl (C=S) groups is 1. The fraction of sp³-hybridized carbons (Fsp3) is 0.190. The third-order valence-electron chi connectivity index (χ3n) is 4.63. The molecule has 2 aromatic carbocycles. The van der Waals surface area contributed by atoms with Crippen molar-refractivity contribution in [2.24, 2.45) is 0 Å². The molecule has 27 heavy (non-hydrogen) atoms. The molecule has 0 saturated carbocycles. The number of hydrogen-bond acceptors (Lipinski definition) is 4. The van der Waals surface area contributed by atoms with Gasteiger partial charge in [-0.3, -0.25) is 10.1 Å². The predicted octanol–water partition coefficient (Wildman–Crippen LogP) is 4.82. The van der Waals surface area contributed by atoms with Crippen molar-refractivity contribution >= 4 is 39.7 Å². The summed E-state index contributed by atoms with van der Waals surface area (Å²) in [6, 6.07) is 15.6. The highest BCUT2D eigenvalue weighted by atomic mass is 32.1.